The fourth-order valence-corrected chi connectivity index (χ4v) is 1.70. The quantitative estimate of drug-likeness (QED) is 0.705. The number of carbonyl (C=O) groups excluding carboxylic acids is 1. The molecule has 0 saturated heterocycles. The largest absolute Gasteiger partial charge is 0.478 e. The van der Waals surface area contributed by atoms with Gasteiger partial charge in [0.25, 0.3) is 0 Å². The lowest BCUT2D eigenvalue weighted by atomic mass is 9.82. The Morgan fingerprint density at radius 3 is 2.69 bits per heavy atom. The minimum absolute atomic E-state index is 0.142. The summed E-state index contributed by atoms with van der Waals surface area (Å²) in [6.07, 6.45) is 10.0. The maximum Gasteiger partial charge on any atom is 0.327 e. The van der Waals surface area contributed by atoms with Gasteiger partial charge in [-0.3, -0.25) is 4.79 Å². The highest BCUT2D eigenvalue weighted by atomic mass is 16.4. The monoisotopic (exact) mass is 221 g/mol. The van der Waals surface area contributed by atoms with Gasteiger partial charge >= 0.3 is 5.97 Å². The maximum absolute atomic E-state index is 11.1. The van der Waals surface area contributed by atoms with E-state index in [4.69, 9.17) is 5.11 Å². The molecule has 1 aliphatic carbocycles. The van der Waals surface area contributed by atoms with Gasteiger partial charge in [-0.1, -0.05) is 30.4 Å². The zero-order chi connectivity index (χ0) is 12.2. The van der Waals surface area contributed by atoms with Crippen LogP contribution in [0.25, 0.3) is 0 Å². The van der Waals surface area contributed by atoms with Crippen LogP contribution in [0.3, 0.4) is 0 Å². The number of nitrogens with one attached hydrogen (secondary N) is 1. The third kappa shape index (κ3) is 3.08. The van der Waals surface area contributed by atoms with E-state index in [0.29, 0.717) is 0 Å². The molecule has 0 spiro atoms. The van der Waals surface area contributed by atoms with Crippen LogP contribution in [0.4, 0.5) is 0 Å². The molecule has 2 unspecified atom stereocenters. The fourth-order valence-electron chi connectivity index (χ4n) is 1.70. The van der Waals surface area contributed by atoms with E-state index < -0.39 is 11.5 Å². The molecule has 1 rings (SSSR count). The fraction of sp³-hybridized carbons (Fsp3) is 0.333. The van der Waals surface area contributed by atoms with Gasteiger partial charge < -0.3 is 10.4 Å². The average molecular weight is 221 g/mol. The Kier molecular flexibility index (Phi) is 3.66. The van der Waals surface area contributed by atoms with E-state index in [-0.39, 0.29) is 11.8 Å². The highest BCUT2D eigenvalue weighted by molar-refractivity contribution is 5.80. The maximum atomic E-state index is 11.1. The topological polar surface area (TPSA) is 66.4 Å². The molecular formula is C12H15NO3. The van der Waals surface area contributed by atoms with Gasteiger partial charge in [-0.15, -0.1) is 0 Å². The molecule has 0 saturated carbocycles. The molecule has 2 N–H and O–H groups in total. The Bertz CT molecular complexity index is 382. The van der Waals surface area contributed by atoms with Gasteiger partial charge in [0.05, 0.1) is 5.54 Å². The predicted molar refractivity (Wildman–Crippen MR) is 60.8 cm³/mol. The summed E-state index contributed by atoms with van der Waals surface area (Å²) in [5, 5.41) is 11.4. The van der Waals surface area contributed by atoms with E-state index in [1.165, 1.54) is 6.92 Å². The number of allylic oxidation sites excluding steroid dienone is 2. The minimum atomic E-state index is -0.992. The second-order valence-corrected chi connectivity index (χ2v) is 3.93. The van der Waals surface area contributed by atoms with Gasteiger partial charge in [0, 0.05) is 18.9 Å². The molecule has 1 amide bonds. The summed E-state index contributed by atoms with van der Waals surface area (Å²) in [4.78, 5) is 21.6. The van der Waals surface area contributed by atoms with E-state index in [2.05, 4.69) is 5.32 Å². The third-order valence-electron chi connectivity index (χ3n) is 2.46. The highest BCUT2D eigenvalue weighted by Gasteiger charge is 2.30. The van der Waals surface area contributed by atoms with Crippen molar-refractivity contribution < 1.29 is 14.7 Å². The Morgan fingerprint density at radius 1 is 1.44 bits per heavy atom. The van der Waals surface area contributed by atoms with Gasteiger partial charge in [-0.25, -0.2) is 4.79 Å². The van der Waals surface area contributed by atoms with Crippen molar-refractivity contribution in [1.29, 1.82) is 0 Å². The number of hydrogen-bond donors (Lipinski definition) is 2. The Balaban J connectivity index is 2.88. The Hall–Kier alpha value is -1.84. The lowest BCUT2D eigenvalue weighted by Gasteiger charge is -2.34. The second kappa shape index (κ2) is 4.79. The van der Waals surface area contributed by atoms with Gasteiger partial charge in [-0.2, -0.15) is 0 Å². The molecule has 0 aromatic carbocycles. The van der Waals surface area contributed by atoms with Crippen molar-refractivity contribution in [2.45, 2.75) is 19.4 Å². The molecule has 4 nitrogen and oxygen atoms in total. The van der Waals surface area contributed by atoms with Crippen LogP contribution in [0.1, 0.15) is 13.8 Å². The summed E-state index contributed by atoms with van der Waals surface area (Å²) < 4.78 is 0. The normalized spacial score (nSPS) is 28.2. The minimum Gasteiger partial charge on any atom is -0.478 e. The SMILES string of the molecule is CC(=O)NC1(C)C=CC=CC1/C=C\C(=O)O. The number of carbonyl (C=O) groups is 2. The van der Waals surface area contributed by atoms with Crippen LogP contribution < -0.4 is 5.32 Å². The molecule has 0 aliphatic heterocycles. The molecule has 0 aromatic rings. The van der Waals surface area contributed by atoms with Gasteiger partial charge in [-0.05, 0) is 6.92 Å². The summed E-state index contributed by atoms with van der Waals surface area (Å²) >= 11 is 0. The Labute approximate surface area is 94.3 Å². The molecule has 4 heteroatoms. The smallest absolute Gasteiger partial charge is 0.327 e. The van der Waals surface area contributed by atoms with Crippen LogP contribution in [0.15, 0.2) is 36.5 Å². The summed E-state index contributed by atoms with van der Waals surface area (Å²) in [5.41, 5.74) is -0.563. The molecule has 1 aliphatic rings. The van der Waals surface area contributed by atoms with Crippen molar-refractivity contribution in [2.24, 2.45) is 5.92 Å². The third-order valence-corrected chi connectivity index (χ3v) is 2.46. The van der Waals surface area contributed by atoms with Crippen molar-refractivity contribution >= 4 is 11.9 Å². The molecule has 2 atom stereocenters. The first-order valence-corrected chi connectivity index (χ1v) is 5.00. The van der Waals surface area contributed by atoms with Crippen molar-refractivity contribution in [3.63, 3.8) is 0 Å². The molecule has 0 radical (unpaired) electrons. The molecule has 0 aromatic heterocycles. The highest BCUT2D eigenvalue weighted by Crippen LogP contribution is 2.25. The average Bonchev–Trinajstić information content (AvgIpc) is 2.14. The van der Waals surface area contributed by atoms with Crippen LogP contribution in [0, 0.1) is 5.92 Å². The first-order valence-electron chi connectivity index (χ1n) is 5.00. The van der Waals surface area contributed by atoms with Crippen LogP contribution in [0.5, 0.6) is 0 Å². The molecule has 0 fully saturated rings. The first-order chi connectivity index (χ1) is 7.44. The van der Waals surface area contributed by atoms with Crippen LogP contribution in [0.2, 0.25) is 0 Å². The van der Waals surface area contributed by atoms with Gasteiger partial charge in [0.2, 0.25) is 5.91 Å². The number of rotatable bonds is 3. The van der Waals surface area contributed by atoms with Crippen molar-refractivity contribution in [1.82, 2.24) is 5.32 Å². The number of hydrogen-bond acceptors (Lipinski definition) is 2. The summed E-state index contributed by atoms with van der Waals surface area (Å²) in [7, 11) is 0. The Morgan fingerprint density at radius 2 is 2.12 bits per heavy atom. The van der Waals surface area contributed by atoms with E-state index >= 15 is 0 Å². The van der Waals surface area contributed by atoms with Gasteiger partial charge in [0.1, 0.15) is 0 Å². The zero-order valence-corrected chi connectivity index (χ0v) is 9.31. The lowest BCUT2D eigenvalue weighted by molar-refractivity contribution is -0.131. The number of carboxylic acid groups (broad SMARTS) is 1. The number of amides is 1. The van der Waals surface area contributed by atoms with Crippen LogP contribution in [-0.2, 0) is 9.59 Å². The lowest BCUT2D eigenvalue weighted by Crippen LogP contribution is -2.48. The van der Waals surface area contributed by atoms with E-state index in [9.17, 15) is 9.59 Å². The second-order valence-electron chi connectivity index (χ2n) is 3.93. The first kappa shape index (κ1) is 12.2. The zero-order valence-electron chi connectivity index (χ0n) is 9.31. The molecular weight excluding hydrogens is 206 g/mol. The molecule has 16 heavy (non-hydrogen) atoms. The number of aliphatic carboxylic acids is 1. The number of carboxylic acids is 1. The van der Waals surface area contributed by atoms with Crippen molar-refractivity contribution in [3.05, 3.63) is 36.5 Å². The van der Waals surface area contributed by atoms with Crippen molar-refractivity contribution in [2.75, 3.05) is 0 Å². The summed E-state index contributed by atoms with van der Waals surface area (Å²) in [5.74, 6) is -1.29. The summed E-state index contributed by atoms with van der Waals surface area (Å²) in [6, 6.07) is 0. The van der Waals surface area contributed by atoms with E-state index in [1.807, 2.05) is 31.2 Å². The van der Waals surface area contributed by atoms with E-state index in [1.54, 1.807) is 6.08 Å². The molecule has 0 bridgehead atoms. The standard InChI is InChI=1S/C12H15NO3/c1-9(14)13-12(2)8-4-3-5-10(12)6-7-11(15)16/h3-8,10H,1-2H3,(H,13,14)(H,15,16)/b7-6-. The van der Waals surface area contributed by atoms with Gasteiger partial charge in [0.15, 0.2) is 0 Å². The summed E-state index contributed by atoms with van der Waals surface area (Å²) in [6.45, 7) is 3.29. The van der Waals surface area contributed by atoms with Crippen LogP contribution >= 0.6 is 0 Å². The van der Waals surface area contributed by atoms with E-state index in [0.717, 1.165) is 6.08 Å². The van der Waals surface area contributed by atoms with Crippen LogP contribution in [-0.4, -0.2) is 22.5 Å². The molecule has 0 heterocycles. The predicted octanol–water partition coefficient (Wildman–Crippen LogP) is 1.26. The van der Waals surface area contributed by atoms with Crippen molar-refractivity contribution in [3.8, 4) is 0 Å². The molecule has 86 valence electrons.